The van der Waals surface area contributed by atoms with Crippen LogP contribution < -0.4 is 4.74 Å². The number of nitrogens with zero attached hydrogens (tertiary/aromatic N) is 2. The smallest absolute Gasteiger partial charge is 0.207 e. The van der Waals surface area contributed by atoms with Crippen LogP contribution in [0, 0.1) is 0 Å². The molecule has 96 valence electrons. The summed E-state index contributed by atoms with van der Waals surface area (Å²) in [5, 5.41) is 1.01. The van der Waals surface area contributed by atoms with Gasteiger partial charge < -0.3 is 4.74 Å². The molecule has 0 aliphatic carbocycles. The third-order valence-corrected chi connectivity index (χ3v) is 3.36. The van der Waals surface area contributed by atoms with Gasteiger partial charge in [-0.2, -0.15) is 0 Å². The number of aromatic nitrogens is 2. The number of para-hydroxylation sites is 1. The minimum absolute atomic E-state index is 0.323. The summed E-state index contributed by atoms with van der Waals surface area (Å²) >= 11 is 12.1. The summed E-state index contributed by atoms with van der Waals surface area (Å²) < 4.78 is 7.49. The van der Waals surface area contributed by atoms with E-state index in [1.54, 1.807) is 6.07 Å². The molecule has 0 bridgehead atoms. The van der Waals surface area contributed by atoms with E-state index in [2.05, 4.69) is 4.98 Å². The second-order valence-corrected chi connectivity index (χ2v) is 4.75. The molecule has 0 saturated heterocycles. The molecule has 0 N–H and O–H groups in total. The third-order valence-electron chi connectivity index (χ3n) is 2.78. The van der Waals surface area contributed by atoms with Crippen LogP contribution in [-0.2, 0) is 6.61 Å². The van der Waals surface area contributed by atoms with E-state index >= 15 is 0 Å². The maximum Gasteiger partial charge on any atom is 0.207 e. The van der Waals surface area contributed by atoms with Crippen LogP contribution in [0.25, 0.3) is 5.52 Å². The average Bonchev–Trinajstić information content (AvgIpc) is 2.75. The molecule has 0 spiro atoms. The Bertz CT molecular complexity index is 724. The topological polar surface area (TPSA) is 26.5 Å². The van der Waals surface area contributed by atoms with Crippen LogP contribution in [0.15, 0.2) is 48.7 Å². The Morgan fingerprint density at radius 1 is 1.05 bits per heavy atom. The van der Waals surface area contributed by atoms with Gasteiger partial charge in [0.15, 0.2) is 0 Å². The van der Waals surface area contributed by atoms with Gasteiger partial charge in [-0.05, 0) is 35.9 Å². The highest BCUT2D eigenvalue weighted by Gasteiger charge is 2.10. The zero-order chi connectivity index (χ0) is 13.2. The second kappa shape index (κ2) is 5.11. The Balaban J connectivity index is 1.88. The van der Waals surface area contributed by atoms with Crippen LogP contribution in [0.1, 0.15) is 5.69 Å². The van der Waals surface area contributed by atoms with Crippen molar-refractivity contribution in [1.82, 2.24) is 9.38 Å². The van der Waals surface area contributed by atoms with Crippen molar-refractivity contribution in [2.45, 2.75) is 6.61 Å². The average molecular weight is 293 g/mol. The Kier molecular flexibility index (Phi) is 3.32. The van der Waals surface area contributed by atoms with E-state index in [0.717, 1.165) is 11.2 Å². The normalized spacial score (nSPS) is 10.8. The Labute approximate surface area is 120 Å². The minimum Gasteiger partial charge on any atom is -0.486 e. The van der Waals surface area contributed by atoms with Gasteiger partial charge in [-0.25, -0.2) is 4.98 Å². The molecule has 3 rings (SSSR count). The molecule has 1 aromatic carbocycles. The molecular formula is C14H10Cl2N2O. The van der Waals surface area contributed by atoms with Crippen molar-refractivity contribution in [2.75, 3.05) is 0 Å². The zero-order valence-electron chi connectivity index (χ0n) is 9.88. The lowest BCUT2D eigenvalue weighted by Crippen LogP contribution is -1.97. The molecule has 0 unspecified atom stereocenters. The minimum atomic E-state index is 0.323. The standard InChI is InChI=1S/C14H10Cl2N2O/c15-10-5-1-2-7-13(10)19-9-11-12-6-3-4-8-18(12)14(16)17-11/h1-8H,9H2. The summed E-state index contributed by atoms with van der Waals surface area (Å²) in [5.74, 6) is 0.636. The van der Waals surface area contributed by atoms with Crippen LogP contribution in [0.4, 0.5) is 0 Å². The van der Waals surface area contributed by atoms with Crippen LogP contribution in [-0.4, -0.2) is 9.38 Å². The quantitative estimate of drug-likeness (QED) is 0.722. The van der Waals surface area contributed by atoms with E-state index in [4.69, 9.17) is 27.9 Å². The Morgan fingerprint density at radius 3 is 2.68 bits per heavy atom. The van der Waals surface area contributed by atoms with Crippen LogP contribution in [0.2, 0.25) is 10.3 Å². The van der Waals surface area contributed by atoms with Gasteiger partial charge in [-0.3, -0.25) is 4.40 Å². The Morgan fingerprint density at radius 2 is 1.84 bits per heavy atom. The van der Waals surface area contributed by atoms with Crippen molar-refractivity contribution >= 4 is 28.7 Å². The lowest BCUT2D eigenvalue weighted by Gasteiger charge is -2.06. The highest BCUT2D eigenvalue weighted by molar-refractivity contribution is 6.32. The van der Waals surface area contributed by atoms with Gasteiger partial charge in [-0.15, -0.1) is 0 Å². The van der Waals surface area contributed by atoms with Crippen LogP contribution >= 0.6 is 23.2 Å². The number of ether oxygens (including phenoxy) is 1. The maximum absolute atomic E-state index is 6.06. The first-order chi connectivity index (χ1) is 9.25. The first-order valence-corrected chi connectivity index (χ1v) is 6.50. The van der Waals surface area contributed by atoms with Crippen molar-refractivity contribution in [2.24, 2.45) is 0 Å². The van der Waals surface area contributed by atoms with Gasteiger partial charge >= 0.3 is 0 Å². The molecule has 3 aromatic rings. The van der Waals surface area contributed by atoms with Crippen LogP contribution in [0.5, 0.6) is 5.75 Å². The van der Waals surface area contributed by atoms with E-state index in [-0.39, 0.29) is 0 Å². The summed E-state index contributed by atoms with van der Waals surface area (Å²) in [6.07, 6.45) is 1.86. The third kappa shape index (κ3) is 2.39. The van der Waals surface area contributed by atoms with Gasteiger partial charge in [0.2, 0.25) is 5.28 Å². The number of imidazole rings is 1. The van der Waals surface area contributed by atoms with E-state index in [9.17, 15) is 0 Å². The molecule has 2 aromatic heterocycles. The van der Waals surface area contributed by atoms with E-state index in [1.807, 2.05) is 47.0 Å². The summed E-state index contributed by atoms with van der Waals surface area (Å²) in [4.78, 5) is 4.29. The van der Waals surface area contributed by atoms with E-state index in [1.165, 1.54) is 0 Å². The number of pyridine rings is 1. The predicted molar refractivity (Wildman–Crippen MR) is 76.0 cm³/mol. The maximum atomic E-state index is 6.06. The molecule has 0 amide bonds. The van der Waals surface area contributed by atoms with Crippen molar-refractivity contribution in [3.8, 4) is 5.75 Å². The summed E-state index contributed by atoms with van der Waals surface area (Å²) in [5.41, 5.74) is 1.71. The first kappa shape index (κ1) is 12.3. The molecule has 0 aliphatic heterocycles. The number of hydrogen-bond acceptors (Lipinski definition) is 2. The number of benzene rings is 1. The zero-order valence-corrected chi connectivity index (χ0v) is 11.4. The number of halogens is 2. The largest absolute Gasteiger partial charge is 0.486 e. The van der Waals surface area contributed by atoms with Crippen molar-refractivity contribution in [3.63, 3.8) is 0 Å². The highest BCUT2D eigenvalue weighted by Crippen LogP contribution is 2.25. The van der Waals surface area contributed by atoms with Gasteiger partial charge in [0.05, 0.1) is 10.5 Å². The fourth-order valence-corrected chi connectivity index (χ4v) is 2.32. The molecule has 2 heterocycles. The number of rotatable bonds is 3. The predicted octanol–water partition coefficient (Wildman–Crippen LogP) is 4.22. The molecule has 0 atom stereocenters. The molecule has 0 radical (unpaired) electrons. The van der Waals surface area contributed by atoms with Gasteiger partial charge in [0.25, 0.3) is 0 Å². The van der Waals surface area contributed by atoms with E-state index in [0.29, 0.717) is 22.7 Å². The summed E-state index contributed by atoms with van der Waals surface area (Å²) in [6, 6.07) is 13.1. The van der Waals surface area contributed by atoms with Crippen LogP contribution in [0.3, 0.4) is 0 Å². The molecule has 5 heteroatoms. The fourth-order valence-electron chi connectivity index (χ4n) is 1.88. The number of hydrogen-bond donors (Lipinski definition) is 0. The van der Waals surface area contributed by atoms with E-state index < -0.39 is 0 Å². The lowest BCUT2D eigenvalue weighted by molar-refractivity contribution is 0.303. The molecule has 0 saturated carbocycles. The number of fused-ring (bicyclic) bond motifs is 1. The Hall–Kier alpha value is -1.71. The van der Waals surface area contributed by atoms with Gasteiger partial charge in [0.1, 0.15) is 18.1 Å². The van der Waals surface area contributed by atoms with Crippen molar-refractivity contribution in [1.29, 1.82) is 0 Å². The second-order valence-electron chi connectivity index (χ2n) is 4.00. The summed E-state index contributed by atoms with van der Waals surface area (Å²) in [7, 11) is 0. The summed E-state index contributed by atoms with van der Waals surface area (Å²) in [6.45, 7) is 0.323. The molecule has 3 nitrogen and oxygen atoms in total. The first-order valence-electron chi connectivity index (χ1n) is 5.74. The van der Waals surface area contributed by atoms with Crippen molar-refractivity contribution in [3.05, 3.63) is 64.7 Å². The van der Waals surface area contributed by atoms with Crippen molar-refractivity contribution < 1.29 is 4.74 Å². The molecule has 19 heavy (non-hydrogen) atoms. The molecule has 0 fully saturated rings. The fraction of sp³-hybridized carbons (Fsp3) is 0.0714. The molecular weight excluding hydrogens is 283 g/mol. The van der Waals surface area contributed by atoms with Gasteiger partial charge in [-0.1, -0.05) is 29.8 Å². The highest BCUT2D eigenvalue weighted by atomic mass is 35.5. The van der Waals surface area contributed by atoms with Gasteiger partial charge in [0, 0.05) is 6.20 Å². The monoisotopic (exact) mass is 292 g/mol. The molecule has 0 aliphatic rings. The lowest BCUT2D eigenvalue weighted by atomic mass is 10.3. The SMILES string of the molecule is Clc1ccccc1OCc1nc(Cl)n2ccccc12.